The molecule has 1 saturated carbocycles. The van der Waals surface area contributed by atoms with Crippen LogP contribution in [-0.4, -0.2) is 75.7 Å². The van der Waals surface area contributed by atoms with Crippen LogP contribution in [-0.2, 0) is 25.1 Å². The quantitative estimate of drug-likeness (QED) is 0.0694. The number of aromatic amines is 1. The Kier molecular flexibility index (Phi) is 13.6. The maximum atomic E-state index is 14.9. The second-order valence-electron chi connectivity index (χ2n) is 17.4. The number of benzene rings is 2. The second kappa shape index (κ2) is 18.2. The number of aromatic nitrogens is 2. The molecule has 0 bridgehead atoms. The molecule has 1 aliphatic carbocycles. The van der Waals surface area contributed by atoms with Gasteiger partial charge in [-0.15, -0.1) is 11.3 Å². The molecule has 3 amide bonds. The Hall–Kier alpha value is -4.92. The molecule has 2 aromatic carbocycles. The number of hydrogen-bond donors (Lipinski definition) is 4. The van der Waals surface area contributed by atoms with Crippen molar-refractivity contribution >= 4 is 52.5 Å². The third-order valence-electron chi connectivity index (χ3n) is 11.2. The number of methoxy groups -OCH3 is 1. The summed E-state index contributed by atoms with van der Waals surface area (Å²) in [4.78, 5) is 63.8. The summed E-state index contributed by atoms with van der Waals surface area (Å²) in [7, 11) is -3.06. The number of thiazole rings is 1. The first-order chi connectivity index (χ1) is 28.7. The third kappa shape index (κ3) is 10.1. The van der Waals surface area contributed by atoms with Gasteiger partial charge in [-0.1, -0.05) is 45.9 Å². The number of anilines is 1. The molecule has 1 aliphatic heterocycles. The average Bonchev–Trinajstić information content (AvgIpc) is 3.93. The highest BCUT2D eigenvalue weighted by molar-refractivity contribution is 7.58. The number of H-pyrrole nitrogens is 1. The Morgan fingerprint density at radius 2 is 1.89 bits per heavy atom. The molecule has 2 fully saturated rings. The molecule has 1 saturated heterocycles. The minimum atomic E-state index is -4.63. The Bertz CT molecular complexity index is 2350. The first-order valence-corrected chi connectivity index (χ1v) is 23.2. The fourth-order valence-electron chi connectivity index (χ4n) is 7.96. The van der Waals surface area contributed by atoms with E-state index in [1.54, 1.807) is 13.2 Å². The van der Waals surface area contributed by atoms with E-state index < -0.39 is 71.4 Å². The minimum Gasteiger partial charge on any atom is -0.497 e. The van der Waals surface area contributed by atoms with Crippen molar-refractivity contribution in [3.8, 4) is 22.9 Å². The minimum absolute atomic E-state index is 0.0104. The SMILES string of the molecule is C=C1CC[C@](NC(=O)[C@@H]2CC(Oc3cc(-c4csc(NC(C)C)n4)[nH+]c4cc(OC)ccc34)CN2C(=O)[C@@H](NC(=O)CCC)C(C)(C)C)(P(=O)(O)Cc2c(F)cccc2F)C1. The molecule has 6 rings (SSSR count). The van der Waals surface area contributed by atoms with Gasteiger partial charge in [0, 0.05) is 36.2 Å². The molecule has 328 valence electrons. The van der Waals surface area contributed by atoms with Gasteiger partial charge in [-0.3, -0.25) is 18.9 Å². The van der Waals surface area contributed by atoms with Crippen molar-refractivity contribution in [2.45, 2.75) is 116 Å². The topological polar surface area (TPSA) is 173 Å². The number of rotatable bonds is 15. The lowest BCUT2D eigenvalue weighted by atomic mass is 9.85. The average molecular weight is 882 g/mol. The molecule has 0 spiro atoms. The van der Waals surface area contributed by atoms with Crippen LogP contribution < -0.4 is 30.4 Å². The number of carbonyl (C=O) groups is 3. The molecule has 5 N–H and O–H groups in total. The highest BCUT2D eigenvalue weighted by Gasteiger charge is 2.54. The van der Waals surface area contributed by atoms with E-state index in [4.69, 9.17) is 14.5 Å². The number of ether oxygens (including phenoxy) is 2. The van der Waals surface area contributed by atoms with E-state index in [0.717, 1.165) is 17.3 Å². The van der Waals surface area contributed by atoms with Gasteiger partial charge in [-0.2, -0.15) is 0 Å². The molecule has 13 nitrogen and oxygen atoms in total. The van der Waals surface area contributed by atoms with Crippen molar-refractivity contribution in [3.05, 3.63) is 77.2 Å². The first-order valence-electron chi connectivity index (χ1n) is 20.5. The standard InChI is InChI=1S/C44H55F2N6O7PS/c1-9-11-38(53)50-39(43(5,6)7)41(55)52-22-28(59-37-20-34(35-24-61-42(49-35)47-25(2)3)48-33-18-27(58-8)14-15-29(33)37)19-36(52)40(54)51-44(17-16-26(4)21-44)60(56,57)23-30-31(45)12-10-13-32(30)46/h10,12-15,18,20,24-25,28,36,39H,4,9,11,16-17,19,21-23H2,1-3,5-8H3,(H,47,49)(H,50,53)(H,51,54)(H,56,57)/p+1/t28?,36-,39+,44-/m0/s1. The number of pyridine rings is 1. The number of halogens is 2. The van der Waals surface area contributed by atoms with E-state index in [9.17, 15) is 32.6 Å². The van der Waals surface area contributed by atoms with Gasteiger partial charge in [0.2, 0.25) is 36.3 Å². The number of hydrogen-bond acceptors (Lipinski definition) is 9. The summed E-state index contributed by atoms with van der Waals surface area (Å²) >= 11 is 1.45. The highest BCUT2D eigenvalue weighted by atomic mass is 32.1. The van der Waals surface area contributed by atoms with Crippen LogP contribution in [0, 0.1) is 17.0 Å². The van der Waals surface area contributed by atoms with E-state index in [0.29, 0.717) is 52.2 Å². The third-order valence-corrected chi connectivity index (χ3v) is 14.5. The monoisotopic (exact) mass is 881 g/mol. The van der Waals surface area contributed by atoms with Gasteiger partial charge >= 0.3 is 0 Å². The van der Waals surface area contributed by atoms with E-state index in [1.165, 1.54) is 22.3 Å². The summed E-state index contributed by atoms with van der Waals surface area (Å²) in [5.74, 6) is -2.51. The molecular weight excluding hydrogens is 826 g/mol. The molecule has 5 atom stereocenters. The van der Waals surface area contributed by atoms with Gasteiger partial charge in [0.15, 0.2) is 5.13 Å². The number of nitrogens with one attached hydrogen (secondary N) is 4. The van der Waals surface area contributed by atoms with E-state index >= 15 is 0 Å². The molecule has 4 aromatic rings. The smallest absolute Gasteiger partial charge is 0.246 e. The second-order valence-corrected chi connectivity index (χ2v) is 20.8. The van der Waals surface area contributed by atoms with E-state index in [2.05, 4.69) is 27.5 Å². The maximum Gasteiger partial charge on any atom is 0.246 e. The van der Waals surface area contributed by atoms with Crippen molar-refractivity contribution in [2.24, 2.45) is 5.41 Å². The van der Waals surface area contributed by atoms with Crippen LogP contribution in [0.4, 0.5) is 13.9 Å². The summed E-state index contributed by atoms with van der Waals surface area (Å²) in [6.45, 7) is 15.3. The molecule has 61 heavy (non-hydrogen) atoms. The largest absolute Gasteiger partial charge is 0.497 e. The van der Waals surface area contributed by atoms with E-state index in [1.807, 2.05) is 65.1 Å². The zero-order valence-electron chi connectivity index (χ0n) is 35.7. The number of likely N-dealkylation sites (tertiary alicyclic amines) is 1. The Morgan fingerprint density at radius 1 is 1.16 bits per heavy atom. The van der Waals surface area contributed by atoms with Crippen LogP contribution in [0.15, 0.2) is 60.0 Å². The number of amides is 3. The van der Waals surface area contributed by atoms with Crippen LogP contribution in [0.3, 0.4) is 0 Å². The molecule has 2 aromatic heterocycles. The van der Waals surface area contributed by atoms with Crippen molar-refractivity contribution < 1.29 is 47.1 Å². The van der Waals surface area contributed by atoms with Gasteiger partial charge in [0.25, 0.3) is 0 Å². The van der Waals surface area contributed by atoms with Crippen molar-refractivity contribution in [1.82, 2.24) is 20.5 Å². The summed E-state index contributed by atoms with van der Waals surface area (Å²) < 4.78 is 56.4. The lowest BCUT2D eigenvalue weighted by molar-refractivity contribution is -0.331. The first kappa shape index (κ1) is 45.6. The molecule has 3 heterocycles. The van der Waals surface area contributed by atoms with Crippen molar-refractivity contribution in [2.75, 3.05) is 19.0 Å². The molecule has 17 heteroatoms. The summed E-state index contributed by atoms with van der Waals surface area (Å²) in [5, 5.41) is 10.6. The van der Waals surface area contributed by atoms with E-state index in [-0.39, 0.29) is 44.2 Å². The van der Waals surface area contributed by atoms with Crippen LogP contribution >= 0.6 is 18.7 Å². The van der Waals surface area contributed by atoms with Crippen molar-refractivity contribution in [1.29, 1.82) is 0 Å². The number of nitrogens with zero attached hydrogens (tertiary/aromatic N) is 2. The normalized spacial score (nSPS) is 20.7. The molecule has 2 aliphatic rings. The highest BCUT2D eigenvalue weighted by Crippen LogP contribution is 2.63. The van der Waals surface area contributed by atoms with Gasteiger partial charge in [-0.05, 0) is 62.8 Å². The van der Waals surface area contributed by atoms with Crippen LogP contribution in [0.5, 0.6) is 11.5 Å². The van der Waals surface area contributed by atoms with Gasteiger partial charge in [0.1, 0.15) is 52.3 Å². The molecular formula is C44H56F2N6O7PS+. The fourth-order valence-corrected chi connectivity index (χ4v) is 11.1. The predicted molar refractivity (Wildman–Crippen MR) is 232 cm³/mol. The van der Waals surface area contributed by atoms with Crippen molar-refractivity contribution in [3.63, 3.8) is 0 Å². The summed E-state index contributed by atoms with van der Waals surface area (Å²) in [5.41, 5.74) is 1.22. The Labute approximate surface area is 359 Å². The van der Waals surface area contributed by atoms with Gasteiger partial charge in [-0.25, -0.2) is 18.7 Å². The lowest BCUT2D eigenvalue weighted by Gasteiger charge is -2.38. The van der Waals surface area contributed by atoms with Crippen LogP contribution in [0.1, 0.15) is 85.6 Å². The van der Waals surface area contributed by atoms with Gasteiger partial charge in [0.05, 0.1) is 37.3 Å². The number of carbonyl (C=O) groups excluding carboxylic acids is 3. The van der Waals surface area contributed by atoms with Crippen LogP contribution in [0.2, 0.25) is 0 Å². The van der Waals surface area contributed by atoms with Crippen LogP contribution in [0.25, 0.3) is 22.3 Å². The number of fused-ring (bicyclic) bond motifs is 1. The van der Waals surface area contributed by atoms with Gasteiger partial charge < -0.3 is 35.2 Å². The zero-order valence-corrected chi connectivity index (χ0v) is 37.4. The zero-order chi connectivity index (χ0) is 44.4. The Balaban J connectivity index is 1.38. The maximum absolute atomic E-state index is 14.9. The predicted octanol–water partition coefficient (Wildman–Crippen LogP) is 7.59. The fraction of sp³-hybridized carbons (Fsp3) is 0.477. The molecule has 0 radical (unpaired) electrons. The lowest BCUT2D eigenvalue weighted by Crippen LogP contribution is -2.59. The summed E-state index contributed by atoms with van der Waals surface area (Å²) in [6.07, 6.45) is -0.755. The molecule has 2 unspecified atom stereocenters. The Morgan fingerprint density at radius 3 is 2.51 bits per heavy atom. The summed E-state index contributed by atoms with van der Waals surface area (Å²) in [6, 6.07) is 8.35.